The molecule has 1 aromatic rings. The summed E-state index contributed by atoms with van der Waals surface area (Å²) in [5.74, 6) is -0.0964. The van der Waals surface area contributed by atoms with Gasteiger partial charge in [-0.3, -0.25) is 4.79 Å². The van der Waals surface area contributed by atoms with Crippen LogP contribution in [0.4, 0.5) is 0 Å². The quantitative estimate of drug-likeness (QED) is 0.715. The number of carbonyl (C=O) groups excluding carboxylic acids is 1. The summed E-state index contributed by atoms with van der Waals surface area (Å²) in [6.07, 6.45) is 10.1. The second kappa shape index (κ2) is 8.20. The molecular formula is C15H23NOS. The molecule has 1 amide bonds. The van der Waals surface area contributed by atoms with Crippen LogP contribution in [0, 0.1) is 0 Å². The van der Waals surface area contributed by atoms with E-state index in [9.17, 15) is 4.79 Å². The molecule has 0 fully saturated rings. The zero-order valence-electron chi connectivity index (χ0n) is 11.6. The maximum Gasteiger partial charge on any atom is 0.282 e. The Kier molecular flexibility index (Phi) is 6.88. The third-order valence-electron chi connectivity index (χ3n) is 2.79. The van der Waals surface area contributed by atoms with Gasteiger partial charge < -0.3 is 0 Å². The Morgan fingerprint density at radius 2 is 1.78 bits per heavy atom. The van der Waals surface area contributed by atoms with Crippen LogP contribution in [0.2, 0.25) is 0 Å². The number of rotatable bonds is 6. The Morgan fingerprint density at radius 3 is 2.33 bits per heavy atom. The lowest BCUT2D eigenvalue weighted by molar-refractivity contribution is 0.101. The van der Waals surface area contributed by atoms with E-state index in [2.05, 4.69) is 23.4 Å². The van der Waals surface area contributed by atoms with Crippen LogP contribution in [0.5, 0.6) is 0 Å². The van der Waals surface area contributed by atoms with Gasteiger partial charge in [0.2, 0.25) is 0 Å². The number of amides is 1. The van der Waals surface area contributed by atoms with Crippen LogP contribution in [0.25, 0.3) is 0 Å². The van der Waals surface area contributed by atoms with Crippen LogP contribution >= 0.6 is 0 Å². The van der Waals surface area contributed by atoms with E-state index in [-0.39, 0.29) is 16.6 Å². The molecule has 3 heteroatoms. The van der Waals surface area contributed by atoms with Gasteiger partial charge in [-0.05, 0) is 43.0 Å². The molecule has 0 saturated carbocycles. The van der Waals surface area contributed by atoms with Gasteiger partial charge in [0, 0.05) is 5.56 Å². The average Bonchev–Trinajstić information content (AvgIpc) is 2.34. The SMILES string of the molecule is CCCCCCc1ccc(C(=O)N=S(C)C)cc1. The fourth-order valence-corrected chi connectivity index (χ4v) is 2.23. The molecule has 0 spiro atoms. The molecule has 1 rings (SSSR count). The van der Waals surface area contributed by atoms with Gasteiger partial charge in [0.15, 0.2) is 0 Å². The molecule has 0 radical (unpaired) electrons. The van der Waals surface area contributed by atoms with E-state index in [0.717, 1.165) is 6.42 Å². The zero-order chi connectivity index (χ0) is 13.4. The fraction of sp³-hybridized carbons (Fsp3) is 0.533. The van der Waals surface area contributed by atoms with Gasteiger partial charge in [0.25, 0.3) is 5.91 Å². The lowest BCUT2D eigenvalue weighted by Crippen LogP contribution is -1.97. The molecule has 0 aromatic heterocycles. The molecule has 2 nitrogen and oxygen atoms in total. The Labute approximate surface area is 113 Å². The van der Waals surface area contributed by atoms with E-state index >= 15 is 0 Å². The number of benzene rings is 1. The normalized spacial score (nSPS) is 10.7. The molecule has 0 aliphatic rings. The second-order valence-corrected chi connectivity index (χ2v) is 6.41. The largest absolute Gasteiger partial charge is 0.282 e. The van der Waals surface area contributed by atoms with Crippen molar-refractivity contribution >= 4 is 16.6 Å². The first-order valence-electron chi connectivity index (χ1n) is 6.56. The summed E-state index contributed by atoms with van der Waals surface area (Å²) in [6.45, 7) is 2.22. The van der Waals surface area contributed by atoms with E-state index in [0.29, 0.717) is 5.56 Å². The Balaban J connectivity index is 2.52. The van der Waals surface area contributed by atoms with Crippen molar-refractivity contribution in [3.8, 4) is 0 Å². The van der Waals surface area contributed by atoms with Crippen molar-refractivity contribution in [2.45, 2.75) is 39.0 Å². The highest BCUT2D eigenvalue weighted by Crippen LogP contribution is 2.10. The summed E-state index contributed by atoms with van der Waals surface area (Å²) in [5, 5.41) is 0. The molecule has 0 bridgehead atoms. The van der Waals surface area contributed by atoms with Crippen LogP contribution in [0.1, 0.15) is 48.5 Å². The minimum atomic E-state index is -0.183. The van der Waals surface area contributed by atoms with Crippen LogP contribution in [-0.2, 0) is 17.1 Å². The van der Waals surface area contributed by atoms with Crippen LogP contribution in [0.3, 0.4) is 0 Å². The molecule has 0 atom stereocenters. The van der Waals surface area contributed by atoms with E-state index in [1.165, 1.54) is 31.2 Å². The Morgan fingerprint density at radius 1 is 1.11 bits per heavy atom. The van der Waals surface area contributed by atoms with E-state index < -0.39 is 0 Å². The maximum absolute atomic E-state index is 11.7. The number of nitrogens with zero attached hydrogens (tertiary/aromatic N) is 1. The monoisotopic (exact) mass is 265 g/mol. The minimum absolute atomic E-state index is 0.0964. The number of hydrogen-bond donors (Lipinski definition) is 0. The molecule has 18 heavy (non-hydrogen) atoms. The molecule has 0 saturated heterocycles. The van der Waals surface area contributed by atoms with E-state index in [1.807, 2.05) is 24.6 Å². The Hall–Kier alpha value is -0.960. The highest BCUT2D eigenvalue weighted by atomic mass is 32.2. The highest BCUT2D eigenvalue weighted by Gasteiger charge is 2.03. The van der Waals surface area contributed by atoms with Gasteiger partial charge in [-0.15, -0.1) is 0 Å². The van der Waals surface area contributed by atoms with Gasteiger partial charge in [-0.1, -0.05) is 49.0 Å². The van der Waals surface area contributed by atoms with Crippen LogP contribution in [0.15, 0.2) is 28.6 Å². The summed E-state index contributed by atoms with van der Waals surface area (Å²) >= 11 is 0. The van der Waals surface area contributed by atoms with Crippen molar-refractivity contribution in [1.82, 2.24) is 0 Å². The van der Waals surface area contributed by atoms with Crippen molar-refractivity contribution in [3.05, 3.63) is 35.4 Å². The summed E-state index contributed by atoms with van der Waals surface area (Å²) in [5.41, 5.74) is 2.02. The van der Waals surface area contributed by atoms with Gasteiger partial charge in [0.1, 0.15) is 0 Å². The van der Waals surface area contributed by atoms with Crippen molar-refractivity contribution in [3.63, 3.8) is 0 Å². The molecule has 0 aliphatic heterocycles. The van der Waals surface area contributed by atoms with Gasteiger partial charge >= 0.3 is 0 Å². The number of hydrogen-bond acceptors (Lipinski definition) is 1. The van der Waals surface area contributed by atoms with Crippen LogP contribution < -0.4 is 0 Å². The average molecular weight is 265 g/mol. The highest BCUT2D eigenvalue weighted by molar-refractivity contribution is 7.86. The third-order valence-corrected chi connectivity index (χ3v) is 3.32. The summed E-state index contributed by atoms with van der Waals surface area (Å²) in [4.78, 5) is 11.7. The Bertz CT molecular complexity index is 405. The van der Waals surface area contributed by atoms with Crippen molar-refractivity contribution < 1.29 is 4.79 Å². The van der Waals surface area contributed by atoms with E-state index in [4.69, 9.17) is 0 Å². The lowest BCUT2D eigenvalue weighted by Gasteiger charge is -2.02. The molecule has 0 N–H and O–H groups in total. The number of aryl methyl sites for hydroxylation is 1. The predicted molar refractivity (Wildman–Crippen MR) is 80.3 cm³/mol. The van der Waals surface area contributed by atoms with Gasteiger partial charge in [-0.2, -0.15) is 4.36 Å². The van der Waals surface area contributed by atoms with Gasteiger partial charge in [-0.25, -0.2) is 0 Å². The molecule has 0 unspecified atom stereocenters. The summed E-state index contributed by atoms with van der Waals surface area (Å²) in [6, 6.07) is 7.90. The second-order valence-electron chi connectivity index (χ2n) is 4.68. The molecule has 100 valence electrons. The zero-order valence-corrected chi connectivity index (χ0v) is 12.4. The standard InChI is InChI=1S/C15H23NOS/c1-4-5-6-7-8-13-9-11-14(12-10-13)15(17)16-18(2)3/h9-12H,4-8H2,1-3H3. The van der Waals surface area contributed by atoms with Crippen molar-refractivity contribution in [2.24, 2.45) is 4.36 Å². The topological polar surface area (TPSA) is 29.4 Å². The summed E-state index contributed by atoms with van der Waals surface area (Å²) < 4.78 is 4.05. The van der Waals surface area contributed by atoms with Crippen molar-refractivity contribution in [2.75, 3.05) is 12.5 Å². The maximum atomic E-state index is 11.7. The number of unbranched alkanes of at least 4 members (excludes halogenated alkanes) is 3. The van der Waals surface area contributed by atoms with Crippen molar-refractivity contribution in [1.29, 1.82) is 0 Å². The smallest absolute Gasteiger partial charge is 0.266 e. The first-order valence-corrected chi connectivity index (χ1v) is 8.56. The van der Waals surface area contributed by atoms with Crippen LogP contribution in [-0.4, -0.2) is 18.4 Å². The first-order chi connectivity index (χ1) is 8.63. The lowest BCUT2D eigenvalue weighted by atomic mass is 10.0. The predicted octanol–water partition coefficient (Wildman–Crippen LogP) is 4.01. The summed E-state index contributed by atoms with van der Waals surface area (Å²) in [7, 11) is -0.183. The molecule has 1 aromatic carbocycles. The molecule has 0 heterocycles. The fourth-order valence-electron chi connectivity index (χ4n) is 1.79. The van der Waals surface area contributed by atoms with E-state index in [1.54, 1.807) is 0 Å². The number of carbonyl (C=O) groups is 1. The van der Waals surface area contributed by atoms with Gasteiger partial charge in [0.05, 0.1) is 0 Å². The molecular weight excluding hydrogens is 242 g/mol. The first kappa shape index (κ1) is 15.1. The molecule has 0 aliphatic carbocycles. The minimum Gasteiger partial charge on any atom is -0.266 e. The third kappa shape index (κ3) is 5.58.